The Morgan fingerprint density at radius 2 is 1.55 bits per heavy atom. The largest absolute Gasteiger partial charge is 0.342 e. The number of rotatable bonds is 5. The standard InChI is InChI=1S/C19H27F2N3O5S2/c1-22(2)30(26,27)16-5-7-17(8-6-16)31(28,29)24-11-3-4-15(14-24)18(25)23-12-9-19(20,21)10-13-23/h5-8,15H,3-4,9-14H2,1-2H3/t15-/m1/s1. The van der Waals surface area contributed by atoms with Gasteiger partial charge in [0.05, 0.1) is 15.7 Å². The van der Waals surface area contributed by atoms with Crippen LogP contribution in [0, 0.1) is 5.92 Å². The average molecular weight is 480 g/mol. The Balaban J connectivity index is 1.72. The van der Waals surface area contributed by atoms with Crippen LogP contribution in [0.2, 0.25) is 0 Å². The topological polar surface area (TPSA) is 95.1 Å². The van der Waals surface area contributed by atoms with Crippen molar-refractivity contribution in [3.63, 3.8) is 0 Å². The monoisotopic (exact) mass is 479 g/mol. The van der Waals surface area contributed by atoms with Crippen LogP contribution in [-0.2, 0) is 24.8 Å². The van der Waals surface area contributed by atoms with Gasteiger partial charge in [0, 0.05) is 53.1 Å². The lowest BCUT2D eigenvalue weighted by Crippen LogP contribution is -2.49. The normalized spacial score (nSPS) is 23.1. The lowest BCUT2D eigenvalue weighted by Gasteiger charge is -2.37. The van der Waals surface area contributed by atoms with E-state index in [9.17, 15) is 30.4 Å². The molecule has 31 heavy (non-hydrogen) atoms. The van der Waals surface area contributed by atoms with Crippen LogP contribution >= 0.6 is 0 Å². The molecule has 0 N–H and O–H groups in total. The van der Waals surface area contributed by atoms with Crippen molar-refractivity contribution >= 4 is 26.0 Å². The van der Waals surface area contributed by atoms with Crippen molar-refractivity contribution in [3.05, 3.63) is 24.3 Å². The van der Waals surface area contributed by atoms with Crippen molar-refractivity contribution in [3.8, 4) is 0 Å². The molecule has 0 bridgehead atoms. The highest BCUT2D eigenvalue weighted by atomic mass is 32.2. The van der Waals surface area contributed by atoms with Crippen LogP contribution in [0.5, 0.6) is 0 Å². The van der Waals surface area contributed by atoms with E-state index >= 15 is 0 Å². The van der Waals surface area contributed by atoms with Crippen LogP contribution in [0.4, 0.5) is 8.78 Å². The van der Waals surface area contributed by atoms with Gasteiger partial charge in [-0.2, -0.15) is 4.31 Å². The van der Waals surface area contributed by atoms with E-state index in [0.29, 0.717) is 12.8 Å². The molecule has 0 saturated carbocycles. The minimum Gasteiger partial charge on any atom is -0.342 e. The second kappa shape index (κ2) is 8.72. The molecular weight excluding hydrogens is 452 g/mol. The summed E-state index contributed by atoms with van der Waals surface area (Å²) in [4.78, 5) is 14.1. The summed E-state index contributed by atoms with van der Waals surface area (Å²) in [7, 11) is -4.84. The average Bonchev–Trinajstić information content (AvgIpc) is 2.73. The number of nitrogens with zero attached hydrogens (tertiary/aromatic N) is 3. The molecule has 0 radical (unpaired) electrons. The van der Waals surface area contributed by atoms with Gasteiger partial charge in [0.15, 0.2) is 0 Å². The number of piperidine rings is 2. The number of halogens is 2. The first-order valence-electron chi connectivity index (χ1n) is 10.0. The van der Waals surface area contributed by atoms with E-state index in [1.807, 2.05) is 0 Å². The molecule has 1 aromatic rings. The van der Waals surface area contributed by atoms with E-state index < -0.39 is 31.9 Å². The summed E-state index contributed by atoms with van der Waals surface area (Å²) in [6.45, 7) is 0.154. The van der Waals surface area contributed by atoms with Gasteiger partial charge in [-0.05, 0) is 37.1 Å². The van der Waals surface area contributed by atoms with Crippen LogP contribution in [0.1, 0.15) is 25.7 Å². The zero-order valence-electron chi connectivity index (χ0n) is 17.5. The van der Waals surface area contributed by atoms with E-state index in [0.717, 1.165) is 4.31 Å². The van der Waals surface area contributed by atoms with Gasteiger partial charge in [-0.15, -0.1) is 0 Å². The van der Waals surface area contributed by atoms with Crippen LogP contribution in [0.15, 0.2) is 34.1 Å². The van der Waals surface area contributed by atoms with E-state index in [1.54, 1.807) is 0 Å². The molecule has 1 amide bonds. The molecule has 12 heteroatoms. The van der Waals surface area contributed by atoms with Gasteiger partial charge in [-0.3, -0.25) is 4.79 Å². The molecule has 2 aliphatic heterocycles. The van der Waals surface area contributed by atoms with Gasteiger partial charge in [0.1, 0.15) is 0 Å². The number of amides is 1. The summed E-state index contributed by atoms with van der Waals surface area (Å²) in [6.07, 6.45) is 0.218. The lowest BCUT2D eigenvalue weighted by atomic mass is 9.96. The van der Waals surface area contributed by atoms with Crippen molar-refractivity contribution in [2.45, 2.75) is 41.4 Å². The zero-order valence-corrected chi connectivity index (χ0v) is 19.1. The second-order valence-electron chi connectivity index (χ2n) is 8.14. The van der Waals surface area contributed by atoms with Crippen molar-refractivity contribution in [2.75, 3.05) is 40.3 Å². The van der Waals surface area contributed by atoms with Gasteiger partial charge in [-0.1, -0.05) is 0 Å². The predicted molar refractivity (Wildman–Crippen MR) is 110 cm³/mol. The quantitative estimate of drug-likeness (QED) is 0.639. The maximum Gasteiger partial charge on any atom is 0.251 e. The van der Waals surface area contributed by atoms with Gasteiger partial charge < -0.3 is 4.90 Å². The number of alkyl halides is 2. The third kappa shape index (κ3) is 5.07. The zero-order chi connectivity index (χ0) is 23.0. The highest BCUT2D eigenvalue weighted by molar-refractivity contribution is 7.89. The first-order valence-corrected chi connectivity index (χ1v) is 12.9. The second-order valence-corrected chi connectivity index (χ2v) is 12.2. The Labute approximate surface area is 181 Å². The molecule has 3 rings (SSSR count). The number of carbonyl (C=O) groups is 1. The number of carbonyl (C=O) groups excluding carboxylic acids is 1. The van der Waals surface area contributed by atoms with Crippen molar-refractivity contribution in [1.82, 2.24) is 13.5 Å². The number of likely N-dealkylation sites (tertiary alicyclic amines) is 1. The Bertz CT molecular complexity index is 1020. The molecule has 174 valence electrons. The molecule has 1 atom stereocenters. The van der Waals surface area contributed by atoms with Crippen molar-refractivity contribution < 1.29 is 30.4 Å². The molecule has 2 fully saturated rings. The highest BCUT2D eigenvalue weighted by Gasteiger charge is 2.39. The molecule has 2 aliphatic rings. The number of sulfonamides is 2. The van der Waals surface area contributed by atoms with E-state index in [1.165, 1.54) is 47.6 Å². The van der Waals surface area contributed by atoms with E-state index in [4.69, 9.17) is 0 Å². The van der Waals surface area contributed by atoms with Crippen molar-refractivity contribution in [1.29, 1.82) is 0 Å². The molecule has 0 aromatic heterocycles. The molecule has 0 spiro atoms. The summed E-state index contributed by atoms with van der Waals surface area (Å²) in [6, 6.07) is 4.96. The smallest absolute Gasteiger partial charge is 0.251 e. The number of hydrogen-bond acceptors (Lipinski definition) is 5. The Morgan fingerprint density at radius 1 is 1.00 bits per heavy atom. The van der Waals surface area contributed by atoms with Crippen LogP contribution in [0.25, 0.3) is 0 Å². The van der Waals surface area contributed by atoms with Gasteiger partial charge in [0.2, 0.25) is 26.0 Å². The molecule has 2 saturated heterocycles. The van der Waals surface area contributed by atoms with Crippen LogP contribution in [0.3, 0.4) is 0 Å². The number of hydrogen-bond donors (Lipinski definition) is 0. The third-order valence-corrected chi connectivity index (χ3v) is 9.49. The van der Waals surface area contributed by atoms with E-state index in [-0.39, 0.29) is 54.7 Å². The fourth-order valence-electron chi connectivity index (χ4n) is 3.82. The van der Waals surface area contributed by atoms with Gasteiger partial charge >= 0.3 is 0 Å². The summed E-state index contributed by atoms with van der Waals surface area (Å²) in [5, 5.41) is 0. The lowest BCUT2D eigenvalue weighted by molar-refractivity contribution is -0.142. The Hall–Kier alpha value is -1.63. The molecule has 2 heterocycles. The predicted octanol–water partition coefficient (Wildman–Crippen LogP) is 1.60. The van der Waals surface area contributed by atoms with Gasteiger partial charge in [-0.25, -0.2) is 29.9 Å². The molecular formula is C19H27F2N3O5S2. The maximum atomic E-state index is 13.4. The maximum absolute atomic E-state index is 13.4. The van der Waals surface area contributed by atoms with Gasteiger partial charge in [0.25, 0.3) is 5.92 Å². The van der Waals surface area contributed by atoms with Crippen LogP contribution in [-0.4, -0.2) is 82.5 Å². The number of benzene rings is 1. The summed E-state index contributed by atoms with van der Waals surface area (Å²) < 4.78 is 79.5. The SMILES string of the molecule is CN(C)S(=O)(=O)c1ccc(S(=O)(=O)N2CCC[C@@H](C(=O)N3CCC(F)(F)CC3)C2)cc1. The minimum absolute atomic E-state index is 0.0220. The van der Waals surface area contributed by atoms with Crippen LogP contribution < -0.4 is 0 Å². The first-order chi connectivity index (χ1) is 14.3. The Morgan fingerprint density at radius 3 is 2.10 bits per heavy atom. The molecule has 0 aliphatic carbocycles. The highest BCUT2D eigenvalue weighted by Crippen LogP contribution is 2.30. The van der Waals surface area contributed by atoms with E-state index in [2.05, 4.69) is 0 Å². The first kappa shape index (κ1) is 24.0. The summed E-state index contributed by atoms with van der Waals surface area (Å²) >= 11 is 0. The molecule has 8 nitrogen and oxygen atoms in total. The third-order valence-electron chi connectivity index (χ3n) is 5.78. The summed E-state index contributed by atoms with van der Waals surface area (Å²) in [5.41, 5.74) is 0. The Kier molecular flexibility index (Phi) is 6.76. The minimum atomic E-state index is -3.93. The molecule has 0 unspecified atom stereocenters. The fourth-order valence-corrected chi connectivity index (χ4v) is 6.24. The molecule has 1 aromatic carbocycles. The van der Waals surface area contributed by atoms with Crippen molar-refractivity contribution in [2.24, 2.45) is 5.92 Å². The fraction of sp³-hybridized carbons (Fsp3) is 0.632. The summed E-state index contributed by atoms with van der Waals surface area (Å²) in [5.74, 6) is -3.63.